The molecule has 5 atom stereocenters. The molecule has 0 aromatic carbocycles. The summed E-state index contributed by atoms with van der Waals surface area (Å²) >= 11 is 4.64. The normalized spacial score (nSPS) is 25.0. The number of carboxylic acid groups (broad SMARTS) is 2. The van der Waals surface area contributed by atoms with Crippen LogP contribution in [0.4, 0.5) is 0 Å². The second-order valence-electron chi connectivity index (χ2n) is 12.0. The Morgan fingerprint density at radius 3 is 2.34 bits per heavy atom. The summed E-state index contributed by atoms with van der Waals surface area (Å²) in [5.74, 6) is -1.25. The molecule has 0 radical (unpaired) electrons. The summed E-state index contributed by atoms with van der Waals surface area (Å²) in [5.41, 5.74) is 7.29. The quantitative estimate of drug-likeness (QED) is 0.129. The van der Waals surface area contributed by atoms with E-state index in [4.69, 9.17) is 0 Å². The number of H-pyrrole nitrogens is 1. The van der Waals surface area contributed by atoms with E-state index in [1.54, 1.807) is 0 Å². The molecule has 4 rings (SSSR count). The van der Waals surface area contributed by atoms with E-state index in [0.29, 0.717) is 24.2 Å². The number of hydrogen-bond acceptors (Lipinski definition) is 6. The molecule has 44 heavy (non-hydrogen) atoms. The van der Waals surface area contributed by atoms with Gasteiger partial charge < -0.3 is 31.1 Å². The Morgan fingerprint density at radius 2 is 1.75 bits per heavy atom. The maximum absolute atomic E-state index is 12.5. The molecule has 2 amide bonds. The van der Waals surface area contributed by atoms with Gasteiger partial charge in [0.2, 0.25) is 11.8 Å². The van der Waals surface area contributed by atoms with Crippen molar-refractivity contribution in [2.75, 3.05) is 0 Å². The van der Waals surface area contributed by atoms with E-state index in [9.17, 15) is 29.4 Å². The van der Waals surface area contributed by atoms with Gasteiger partial charge in [0, 0.05) is 41.7 Å². The van der Waals surface area contributed by atoms with Crippen LogP contribution >= 0.6 is 12.6 Å². The van der Waals surface area contributed by atoms with E-state index in [1.807, 2.05) is 60.5 Å². The van der Waals surface area contributed by atoms with Crippen LogP contribution in [-0.4, -0.2) is 56.3 Å². The van der Waals surface area contributed by atoms with Crippen molar-refractivity contribution >= 4 is 36.4 Å². The highest BCUT2D eigenvalue weighted by atomic mass is 32.1. The predicted molar refractivity (Wildman–Crippen MR) is 170 cm³/mol. The average Bonchev–Trinajstić information content (AvgIpc) is 3.59. The number of aromatic nitrogens is 1. The monoisotopic (exact) mass is 623 g/mol. The Hall–Kier alpha value is -3.86. The third-order valence-corrected chi connectivity index (χ3v) is 9.52. The lowest BCUT2D eigenvalue weighted by molar-refractivity contribution is -0.138. The van der Waals surface area contributed by atoms with Gasteiger partial charge in [-0.15, -0.1) is 18.7 Å². The number of carbonyl (C=O) groups excluding carboxylic acids is 2. The number of nitrogens with one attached hydrogen (secondary N) is 4. The minimum Gasteiger partial charge on any atom is -0.481 e. The molecular formula is C33H43N4O6S-3. The molecular weight excluding hydrogens is 580 g/mol. The smallest absolute Gasteiger partial charge is 0.302 e. The zero-order valence-electron chi connectivity index (χ0n) is 26.1. The summed E-state index contributed by atoms with van der Waals surface area (Å²) in [6, 6.07) is -0.519. The van der Waals surface area contributed by atoms with Crippen LogP contribution in [-0.2, 0) is 25.6 Å². The largest absolute Gasteiger partial charge is 0.481 e. The molecule has 1 saturated heterocycles. The molecule has 1 aromatic rings. The number of rotatable bonds is 13. The van der Waals surface area contributed by atoms with E-state index >= 15 is 0 Å². The summed E-state index contributed by atoms with van der Waals surface area (Å²) in [4.78, 5) is 51.5. The number of amides is 2. The van der Waals surface area contributed by atoms with Crippen molar-refractivity contribution in [1.29, 1.82) is 0 Å². The molecule has 0 bridgehead atoms. The Balaban J connectivity index is 1.68. The average molecular weight is 624 g/mol. The molecule has 0 spiro atoms. The number of aliphatic carboxylic acids is 2. The van der Waals surface area contributed by atoms with Gasteiger partial charge in [0.05, 0.1) is 0 Å². The second-order valence-corrected chi connectivity index (χ2v) is 12.8. The van der Waals surface area contributed by atoms with Crippen LogP contribution in [0.3, 0.4) is 0 Å². The van der Waals surface area contributed by atoms with E-state index in [0.717, 1.165) is 45.2 Å². The minimum absolute atomic E-state index is 0.0167. The highest BCUT2D eigenvalue weighted by Gasteiger charge is 2.39. The van der Waals surface area contributed by atoms with Gasteiger partial charge in [0.25, 0.3) is 0 Å². The second kappa shape index (κ2) is 13.4. The van der Waals surface area contributed by atoms with Crippen molar-refractivity contribution < 1.29 is 29.4 Å². The summed E-state index contributed by atoms with van der Waals surface area (Å²) in [7, 11) is 0. The first-order valence-corrected chi connectivity index (χ1v) is 15.6. The van der Waals surface area contributed by atoms with Gasteiger partial charge in [-0.25, -0.2) is 11.1 Å². The molecule has 4 heterocycles. The lowest BCUT2D eigenvalue weighted by atomic mass is 9.87. The number of thiol groups is 1. The SMILES string of the molecule is CCC1=C(C)C([CH-]c2[nH]c([CH-]C3=C(CCC(=O)O)[C-](C)/C(=C\C4NC(=O)[C@H](C)[C@H]4[C@H](C)S)N3)c(CCC(=O)O)c2C)NC1=O. The number of carboxylic acids is 2. The van der Waals surface area contributed by atoms with Crippen molar-refractivity contribution in [2.45, 2.75) is 91.0 Å². The predicted octanol–water partition coefficient (Wildman–Crippen LogP) is 3.94. The van der Waals surface area contributed by atoms with Gasteiger partial charge >= 0.3 is 11.9 Å². The van der Waals surface area contributed by atoms with Crippen LogP contribution < -0.4 is 16.0 Å². The fraction of sp³-hybridized carbons (Fsp3) is 0.485. The van der Waals surface area contributed by atoms with Gasteiger partial charge in [-0.1, -0.05) is 57.5 Å². The first-order chi connectivity index (χ1) is 20.7. The first kappa shape index (κ1) is 33.0. The fourth-order valence-corrected chi connectivity index (χ4v) is 7.04. The Labute approximate surface area is 264 Å². The van der Waals surface area contributed by atoms with Gasteiger partial charge in [-0.2, -0.15) is 42.6 Å². The number of allylic oxidation sites excluding steroid dienone is 2. The van der Waals surface area contributed by atoms with E-state index in [-0.39, 0.29) is 60.2 Å². The van der Waals surface area contributed by atoms with Gasteiger partial charge in [-0.3, -0.25) is 19.2 Å². The Morgan fingerprint density at radius 1 is 1.09 bits per heavy atom. The van der Waals surface area contributed by atoms with Crippen molar-refractivity contribution in [2.24, 2.45) is 11.8 Å². The Bertz CT molecular complexity index is 1440. The van der Waals surface area contributed by atoms with Crippen LogP contribution in [0, 0.1) is 37.5 Å². The molecule has 3 aliphatic heterocycles. The first-order valence-electron chi connectivity index (χ1n) is 15.1. The highest BCUT2D eigenvalue weighted by molar-refractivity contribution is 7.80. The summed E-state index contributed by atoms with van der Waals surface area (Å²) in [6.07, 6.45) is 6.95. The van der Waals surface area contributed by atoms with E-state index < -0.39 is 11.9 Å². The number of hydrogen-bond donors (Lipinski definition) is 7. The maximum atomic E-state index is 12.5. The lowest BCUT2D eigenvalue weighted by Gasteiger charge is -2.28. The summed E-state index contributed by atoms with van der Waals surface area (Å²) in [6.45, 7) is 11.6. The number of aromatic amines is 1. The zero-order valence-corrected chi connectivity index (χ0v) is 27.0. The molecule has 10 nitrogen and oxygen atoms in total. The third-order valence-electron chi connectivity index (χ3n) is 9.18. The van der Waals surface area contributed by atoms with Crippen LogP contribution in [0.2, 0.25) is 0 Å². The molecule has 11 heteroatoms. The van der Waals surface area contributed by atoms with Crippen molar-refractivity contribution in [3.63, 3.8) is 0 Å². The molecule has 0 saturated carbocycles. The van der Waals surface area contributed by atoms with Crippen molar-refractivity contribution in [1.82, 2.24) is 20.9 Å². The van der Waals surface area contributed by atoms with Gasteiger partial charge in [0.15, 0.2) is 0 Å². The molecule has 2 unspecified atom stereocenters. The fourth-order valence-electron chi connectivity index (χ4n) is 6.59. The molecule has 1 aromatic heterocycles. The molecule has 0 aliphatic carbocycles. The lowest BCUT2D eigenvalue weighted by Crippen LogP contribution is -2.31. The Kier molecular flexibility index (Phi) is 10.1. The topological polar surface area (TPSA) is 161 Å². The molecule has 240 valence electrons. The van der Waals surface area contributed by atoms with Crippen molar-refractivity contribution in [3.05, 3.63) is 75.5 Å². The summed E-state index contributed by atoms with van der Waals surface area (Å²) in [5, 5.41) is 28.5. The molecule has 1 fully saturated rings. The summed E-state index contributed by atoms with van der Waals surface area (Å²) < 4.78 is 0. The number of carbonyl (C=O) groups is 4. The van der Waals surface area contributed by atoms with Crippen LogP contribution in [0.25, 0.3) is 0 Å². The standard InChI is InChI=1S/C33H43N4O6S/c1-7-20-15(2)25(36-33(20)43)12-23-16(3)21(8-10-29(38)39)26(34-23)14-27-22(9-11-30(40)41)17(4)24(35-27)13-28-31(19(6)44)18(5)32(42)37-28/h12-14,18-19,25,28,31,34-35,44H,7-11H2,1-6H3,(H,36,43)(H,37,42)(H,38,39)(H,40,41)/q-3/b24-13+/t18-,19+,25?,28?,31+/m1/s1. The van der Waals surface area contributed by atoms with E-state index in [2.05, 4.69) is 33.6 Å². The van der Waals surface area contributed by atoms with Crippen LogP contribution in [0.5, 0.6) is 0 Å². The molecule has 6 N–H and O–H groups in total. The zero-order chi connectivity index (χ0) is 32.5. The third kappa shape index (κ3) is 6.77. The maximum Gasteiger partial charge on any atom is 0.302 e. The van der Waals surface area contributed by atoms with Crippen LogP contribution in [0.1, 0.15) is 82.8 Å². The van der Waals surface area contributed by atoms with Gasteiger partial charge in [-0.05, 0) is 19.3 Å². The minimum atomic E-state index is -0.911. The molecule has 3 aliphatic rings. The van der Waals surface area contributed by atoms with E-state index in [1.165, 1.54) is 0 Å². The van der Waals surface area contributed by atoms with Crippen LogP contribution in [0.15, 0.2) is 34.2 Å². The van der Waals surface area contributed by atoms with Gasteiger partial charge in [0.1, 0.15) is 0 Å². The van der Waals surface area contributed by atoms with Crippen molar-refractivity contribution in [3.8, 4) is 0 Å². The highest BCUT2D eigenvalue weighted by Crippen LogP contribution is 2.39.